The van der Waals surface area contributed by atoms with E-state index in [1.54, 1.807) is 32.4 Å². The summed E-state index contributed by atoms with van der Waals surface area (Å²) in [5.74, 6) is 1.27. The van der Waals surface area contributed by atoms with E-state index in [1.807, 2.05) is 13.8 Å². The van der Waals surface area contributed by atoms with Gasteiger partial charge in [0, 0.05) is 18.0 Å². The normalized spacial score (nSPS) is 12.0. The van der Waals surface area contributed by atoms with Crippen LogP contribution in [0.1, 0.15) is 24.2 Å². The molecule has 1 aromatic rings. The lowest BCUT2D eigenvalue weighted by molar-refractivity contribution is 0.0929. The molecule has 0 saturated carbocycles. The summed E-state index contributed by atoms with van der Waals surface area (Å²) in [5, 5.41) is 3.17. The molecule has 0 amide bonds. The molecule has 0 fully saturated rings. The van der Waals surface area contributed by atoms with Crippen LogP contribution in [0.15, 0.2) is 18.2 Å². The average molecular weight is 251 g/mol. The van der Waals surface area contributed by atoms with Crippen molar-refractivity contribution in [3.8, 4) is 11.5 Å². The van der Waals surface area contributed by atoms with Crippen LogP contribution in [-0.4, -0.2) is 33.1 Å². The second-order valence-corrected chi connectivity index (χ2v) is 4.14. The molecule has 0 heterocycles. The minimum Gasteiger partial charge on any atom is -0.493 e. The van der Waals surface area contributed by atoms with Crippen molar-refractivity contribution in [2.45, 2.75) is 13.8 Å². The van der Waals surface area contributed by atoms with Crippen LogP contribution < -0.4 is 14.8 Å². The van der Waals surface area contributed by atoms with Crippen molar-refractivity contribution in [2.75, 3.05) is 27.3 Å². The molecule has 100 valence electrons. The zero-order valence-electron chi connectivity index (χ0n) is 11.4. The van der Waals surface area contributed by atoms with Gasteiger partial charge in [-0.3, -0.25) is 4.79 Å². The van der Waals surface area contributed by atoms with Gasteiger partial charge in [0.15, 0.2) is 17.3 Å². The molecular formula is C14H21NO3. The molecule has 0 aliphatic heterocycles. The second kappa shape index (κ2) is 7.01. The van der Waals surface area contributed by atoms with Gasteiger partial charge in [0.05, 0.1) is 14.2 Å². The number of hydrogen-bond donors (Lipinski definition) is 1. The highest BCUT2D eigenvalue weighted by Crippen LogP contribution is 2.28. The quantitative estimate of drug-likeness (QED) is 0.754. The van der Waals surface area contributed by atoms with Crippen LogP contribution in [0.3, 0.4) is 0 Å². The van der Waals surface area contributed by atoms with E-state index < -0.39 is 0 Å². The van der Waals surface area contributed by atoms with Crippen molar-refractivity contribution in [1.29, 1.82) is 0 Å². The van der Waals surface area contributed by atoms with E-state index in [0.29, 0.717) is 23.6 Å². The molecule has 1 rings (SSSR count). The third-order valence-corrected chi connectivity index (χ3v) is 2.82. The third kappa shape index (κ3) is 3.47. The van der Waals surface area contributed by atoms with Gasteiger partial charge in [-0.05, 0) is 24.7 Å². The van der Waals surface area contributed by atoms with E-state index in [1.165, 1.54) is 0 Å². The van der Waals surface area contributed by atoms with Crippen LogP contribution in [0, 0.1) is 5.92 Å². The summed E-state index contributed by atoms with van der Waals surface area (Å²) in [4.78, 5) is 12.2. The highest BCUT2D eigenvalue weighted by molar-refractivity contribution is 5.98. The zero-order valence-corrected chi connectivity index (χ0v) is 11.4. The fourth-order valence-electron chi connectivity index (χ4n) is 1.73. The molecule has 0 aliphatic carbocycles. The van der Waals surface area contributed by atoms with Gasteiger partial charge in [-0.15, -0.1) is 0 Å². The largest absolute Gasteiger partial charge is 0.493 e. The van der Waals surface area contributed by atoms with E-state index in [9.17, 15) is 4.79 Å². The Balaban J connectivity index is 2.86. The minimum absolute atomic E-state index is 0.0527. The van der Waals surface area contributed by atoms with Crippen LogP contribution in [0.5, 0.6) is 11.5 Å². The van der Waals surface area contributed by atoms with Gasteiger partial charge in [-0.25, -0.2) is 0 Å². The number of hydrogen-bond acceptors (Lipinski definition) is 4. The van der Waals surface area contributed by atoms with Crippen molar-refractivity contribution in [3.05, 3.63) is 23.8 Å². The lowest BCUT2D eigenvalue weighted by Crippen LogP contribution is -2.26. The van der Waals surface area contributed by atoms with Gasteiger partial charge in [-0.1, -0.05) is 13.8 Å². The van der Waals surface area contributed by atoms with Gasteiger partial charge in [0.25, 0.3) is 0 Å². The number of carbonyl (C=O) groups is 1. The minimum atomic E-state index is -0.0527. The molecule has 1 atom stereocenters. The SMILES string of the molecule is CCNCC(C)C(=O)c1ccc(OC)c(OC)c1. The summed E-state index contributed by atoms with van der Waals surface area (Å²) in [7, 11) is 3.14. The topological polar surface area (TPSA) is 47.6 Å². The Morgan fingerprint density at radius 2 is 1.94 bits per heavy atom. The fraction of sp³-hybridized carbons (Fsp3) is 0.500. The number of benzene rings is 1. The summed E-state index contributed by atoms with van der Waals surface area (Å²) < 4.78 is 10.3. The molecule has 1 N–H and O–H groups in total. The average Bonchev–Trinajstić information content (AvgIpc) is 2.42. The summed E-state index contributed by atoms with van der Waals surface area (Å²) >= 11 is 0. The van der Waals surface area contributed by atoms with Gasteiger partial charge < -0.3 is 14.8 Å². The number of rotatable bonds is 7. The molecule has 0 saturated heterocycles. The molecule has 4 nitrogen and oxygen atoms in total. The van der Waals surface area contributed by atoms with Crippen LogP contribution in [0.4, 0.5) is 0 Å². The molecule has 4 heteroatoms. The predicted octanol–water partition coefficient (Wildman–Crippen LogP) is 2.13. The van der Waals surface area contributed by atoms with Crippen molar-refractivity contribution in [1.82, 2.24) is 5.32 Å². The number of Topliss-reactive ketones (excluding diaryl/α,β-unsaturated/α-hetero) is 1. The van der Waals surface area contributed by atoms with E-state index in [0.717, 1.165) is 6.54 Å². The second-order valence-electron chi connectivity index (χ2n) is 4.14. The summed E-state index contributed by atoms with van der Waals surface area (Å²) in [6, 6.07) is 5.25. The number of carbonyl (C=O) groups excluding carboxylic acids is 1. The number of methoxy groups -OCH3 is 2. The van der Waals surface area contributed by atoms with Crippen molar-refractivity contribution < 1.29 is 14.3 Å². The van der Waals surface area contributed by atoms with Crippen molar-refractivity contribution in [3.63, 3.8) is 0 Å². The van der Waals surface area contributed by atoms with E-state index in [-0.39, 0.29) is 11.7 Å². The van der Waals surface area contributed by atoms with Crippen LogP contribution in [-0.2, 0) is 0 Å². The van der Waals surface area contributed by atoms with Gasteiger partial charge in [-0.2, -0.15) is 0 Å². The first-order valence-corrected chi connectivity index (χ1v) is 6.11. The molecule has 0 spiro atoms. The zero-order chi connectivity index (χ0) is 13.5. The van der Waals surface area contributed by atoms with E-state index in [2.05, 4.69) is 5.32 Å². The first-order valence-electron chi connectivity index (χ1n) is 6.11. The first-order chi connectivity index (χ1) is 8.63. The molecule has 1 aromatic carbocycles. The maximum atomic E-state index is 12.2. The predicted molar refractivity (Wildman–Crippen MR) is 71.6 cm³/mol. The Labute approximate surface area is 108 Å². The lowest BCUT2D eigenvalue weighted by atomic mass is 9.99. The maximum Gasteiger partial charge on any atom is 0.167 e. The number of nitrogens with one attached hydrogen (secondary N) is 1. The molecule has 0 aliphatic rings. The summed E-state index contributed by atoms with van der Waals surface area (Å²) in [6.07, 6.45) is 0. The Hall–Kier alpha value is -1.55. The molecule has 18 heavy (non-hydrogen) atoms. The maximum absolute atomic E-state index is 12.2. The Morgan fingerprint density at radius 1 is 1.28 bits per heavy atom. The van der Waals surface area contributed by atoms with E-state index >= 15 is 0 Å². The van der Waals surface area contributed by atoms with Crippen LogP contribution in [0.25, 0.3) is 0 Å². The van der Waals surface area contributed by atoms with Crippen LogP contribution in [0.2, 0.25) is 0 Å². The van der Waals surface area contributed by atoms with Gasteiger partial charge >= 0.3 is 0 Å². The Bertz CT molecular complexity index is 404. The molecular weight excluding hydrogens is 230 g/mol. The molecule has 0 aromatic heterocycles. The molecule has 1 unspecified atom stereocenters. The molecule has 0 bridgehead atoms. The third-order valence-electron chi connectivity index (χ3n) is 2.82. The van der Waals surface area contributed by atoms with Gasteiger partial charge in [0.1, 0.15) is 0 Å². The standard InChI is InChI=1S/C14H21NO3/c1-5-15-9-10(2)14(16)11-6-7-12(17-3)13(8-11)18-4/h6-8,10,15H,5,9H2,1-4H3. The van der Waals surface area contributed by atoms with Gasteiger partial charge in [0.2, 0.25) is 0 Å². The highest BCUT2D eigenvalue weighted by Gasteiger charge is 2.16. The van der Waals surface area contributed by atoms with Crippen LogP contribution >= 0.6 is 0 Å². The number of ether oxygens (including phenoxy) is 2. The smallest absolute Gasteiger partial charge is 0.167 e. The highest BCUT2D eigenvalue weighted by atomic mass is 16.5. The summed E-state index contributed by atoms with van der Waals surface area (Å²) in [6.45, 7) is 5.49. The van der Waals surface area contributed by atoms with Crippen molar-refractivity contribution in [2.24, 2.45) is 5.92 Å². The Morgan fingerprint density at radius 3 is 2.50 bits per heavy atom. The lowest BCUT2D eigenvalue weighted by Gasteiger charge is -2.13. The monoisotopic (exact) mass is 251 g/mol. The first kappa shape index (κ1) is 14.5. The Kier molecular flexibility index (Phi) is 5.65. The number of ketones is 1. The van der Waals surface area contributed by atoms with E-state index in [4.69, 9.17) is 9.47 Å². The summed E-state index contributed by atoms with van der Waals surface area (Å²) in [5.41, 5.74) is 0.651. The van der Waals surface area contributed by atoms with Crippen molar-refractivity contribution >= 4 is 5.78 Å². The molecule has 0 radical (unpaired) electrons. The fourth-order valence-corrected chi connectivity index (χ4v) is 1.73.